The first-order valence-corrected chi connectivity index (χ1v) is 7.95. The van der Waals surface area contributed by atoms with Crippen molar-refractivity contribution in [3.63, 3.8) is 0 Å². The highest BCUT2D eigenvalue weighted by molar-refractivity contribution is 6.06. The number of benzene rings is 2. The fraction of sp³-hybridized carbons (Fsp3) is 0.211. The van der Waals surface area contributed by atoms with Gasteiger partial charge in [0.2, 0.25) is 0 Å². The molecule has 1 fully saturated rings. The first-order valence-electron chi connectivity index (χ1n) is 7.95. The number of nitrogens with zero attached hydrogens (tertiary/aromatic N) is 2. The highest BCUT2D eigenvalue weighted by atomic mass is 16.6. The second kappa shape index (κ2) is 7.08. The lowest BCUT2D eigenvalue weighted by Gasteiger charge is -2.17. The van der Waals surface area contributed by atoms with Crippen LogP contribution in [0, 0.1) is 10.1 Å². The molecule has 1 heterocycles. The molecule has 2 aromatic rings. The van der Waals surface area contributed by atoms with Gasteiger partial charge in [-0.3, -0.25) is 14.9 Å². The van der Waals surface area contributed by atoms with Crippen molar-refractivity contribution in [3.8, 4) is 0 Å². The SMILES string of the molecule is O=C(/C=C/c1ccc(N2CCCC2)cc1)c1ccc([N+](=O)[O-])cc1. The zero-order valence-electron chi connectivity index (χ0n) is 13.2. The van der Waals surface area contributed by atoms with Gasteiger partial charge in [-0.1, -0.05) is 18.2 Å². The number of anilines is 1. The van der Waals surface area contributed by atoms with E-state index < -0.39 is 4.92 Å². The standard InChI is InChI=1S/C19H18N2O3/c22-19(16-6-10-18(11-7-16)21(23)24)12-5-15-3-8-17(9-4-15)20-13-1-2-14-20/h3-12H,1-2,13-14H2/b12-5+. The summed E-state index contributed by atoms with van der Waals surface area (Å²) in [6.45, 7) is 2.21. The Labute approximate surface area is 140 Å². The number of non-ortho nitro benzene ring substituents is 1. The van der Waals surface area contributed by atoms with Crippen molar-refractivity contribution in [2.45, 2.75) is 12.8 Å². The van der Waals surface area contributed by atoms with Crippen LogP contribution < -0.4 is 4.90 Å². The Kier molecular flexibility index (Phi) is 4.70. The Morgan fingerprint density at radius 3 is 2.21 bits per heavy atom. The maximum atomic E-state index is 12.1. The summed E-state index contributed by atoms with van der Waals surface area (Å²) in [5.41, 5.74) is 2.58. The van der Waals surface area contributed by atoms with Gasteiger partial charge >= 0.3 is 0 Å². The molecule has 1 saturated heterocycles. The molecule has 5 heteroatoms. The predicted molar refractivity (Wildman–Crippen MR) is 94.3 cm³/mol. The summed E-state index contributed by atoms with van der Waals surface area (Å²) in [5, 5.41) is 10.6. The first kappa shape index (κ1) is 15.9. The van der Waals surface area contributed by atoms with Crippen LogP contribution in [0.5, 0.6) is 0 Å². The Morgan fingerprint density at radius 2 is 1.62 bits per heavy atom. The van der Waals surface area contributed by atoms with Crippen molar-refractivity contribution in [1.29, 1.82) is 0 Å². The lowest BCUT2D eigenvalue weighted by molar-refractivity contribution is -0.384. The van der Waals surface area contributed by atoms with Crippen molar-refractivity contribution >= 4 is 23.2 Å². The molecule has 0 aromatic heterocycles. The molecule has 0 unspecified atom stereocenters. The first-order chi connectivity index (χ1) is 11.6. The number of carbonyl (C=O) groups excluding carboxylic acids is 1. The molecule has 24 heavy (non-hydrogen) atoms. The van der Waals surface area contributed by atoms with Crippen molar-refractivity contribution < 1.29 is 9.72 Å². The molecule has 1 aliphatic heterocycles. The lowest BCUT2D eigenvalue weighted by atomic mass is 10.1. The van der Waals surface area contributed by atoms with E-state index in [4.69, 9.17) is 0 Å². The van der Waals surface area contributed by atoms with Gasteiger partial charge in [0.25, 0.3) is 5.69 Å². The molecule has 0 N–H and O–H groups in total. The van der Waals surface area contributed by atoms with Gasteiger partial charge in [0.1, 0.15) is 0 Å². The van der Waals surface area contributed by atoms with Gasteiger partial charge in [0, 0.05) is 36.5 Å². The minimum Gasteiger partial charge on any atom is -0.372 e. The predicted octanol–water partition coefficient (Wildman–Crippen LogP) is 4.09. The largest absolute Gasteiger partial charge is 0.372 e. The van der Waals surface area contributed by atoms with E-state index in [1.54, 1.807) is 6.08 Å². The smallest absolute Gasteiger partial charge is 0.269 e. The van der Waals surface area contributed by atoms with Crippen molar-refractivity contribution in [1.82, 2.24) is 0 Å². The zero-order chi connectivity index (χ0) is 16.9. The molecular weight excluding hydrogens is 304 g/mol. The van der Waals surface area contributed by atoms with Gasteiger partial charge < -0.3 is 4.90 Å². The van der Waals surface area contributed by atoms with E-state index in [-0.39, 0.29) is 11.5 Å². The van der Waals surface area contributed by atoms with E-state index in [9.17, 15) is 14.9 Å². The third-order valence-corrected chi connectivity index (χ3v) is 4.15. The Balaban J connectivity index is 1.66. The number of ketones is 1. The van der Waals surface area contributed by atoms with Gasteiger partial charge in [-0.05, 0) is 48.7 Å². The number of hydrogen-bond acceptors (Lipinski definition) is 4. The van der Waals surface area contributed by atoms with Crippen molar-refractivity contribution in [2.24, 2.45) is 0 Å². The molecule has 3 rings (SSSR count). The monoisotopic (exact) mass is 322 g/mol. The number of nitro groups is 1. The van der Waals surface area contributed by atoms with E-state index in [2.05, 4.69) is 17.0 Å². The molecule has 0 spiro atoms. The molecular formula is C19H18N2O3. The lowest BCUT2D eigenvalue weighted by Crippen LogP contribution is -2.17. The Hall–Kier alpha value is -2.95. The topological polar surface area (TPSA) is 63.5 Å². The zero-order valence-corrected chi connectivity index (χ0v) is 13.2. The van der Waals surface area contributed by atoms with Gasteiger partial charge in [-0.2, -0.15) is 0 Å². The van der Waals surface area contributed by atoms with Crippen LogP contribution in [0.2, 0.25) is 0 Å². The van der Waals surface area contributed by atoms with Gasteiger partial charge in [0.05, 0.1) is 4.92 Å². The van der Waals surface area contributed by atoms with Crippen LogP contribution in [-0.2, 0) is 0 Å². The van der Waals surface area contributed by atoms with E-state index >= 15 is 0 Å². The third kappa shape index (κ3) is 3.68. The molecule has 122 valence electrons. The Morgan fingerprint density at radius 1 is 1.00 bits per heavy atom. The van der Waals surface area contributed by atoms with Crippen LogP contribution in [0.15, 0.2) is 54.6 Å². The van der Waals surface area contributed by atoms with Crippen LogP contribution in [0.4, 0.5) is 11.4 Å². The highest BCUT2D eigenvalue weighted by Crippen LogP contribution is 2.21. The molecule has 0 aliphatic carbocycles. The van der Waals surface area contributed by atoms with Crippen LogP contribution in [0.3, 0.4) is 0 Å². The summed E-state index contributed by atoms with van der Waals surface area (Å²) >= 11 is 0. The fourth-order valence-electron chi connectivity index (χ4n) is 2.79. The Bertz CT molecular complexity index is 758. The molecule has 0 saturated carbocycles. The normalized spacial score (nSPS) is 14.2. The molecule has 0 bridgehead atoms. The maximum Gasteiger partial charge on any atom is 0.269 e. The summed E-state index contributed by atoms with van der Waals surface area (Å²) in [6, 6.07) is 13.8. The summed E-state index contributed by atoms with van der Waals surface area (Å²) in [6.07, 6.45) is 5.74. The fourth-order valence-corrected chi connectivity index (χ4v) is 2.79. The molecule has 0 atom stereocenters. The molecule has 0 radical (unpaired) electrons. The molecule has 2 aromatic carbocycles. The summed E-state index contributed by atoms with van der Waals surface area (Å²) in [5.74, 6) is -0.173. The maximum absolute atomic E-state index is 12.1. The van der Waals surface area contributed by atoms with E-state index in [1.165, 1.54) is 48.9 Å². The minimum absolute atomic E-state index is 0.0203. The number of rotatable bonds is 5. The summed E-state index contributed by atoms with van der Waals surface area (Å²) in [7, 11) is 0. The van der Waals surface area contributed by atoms with Gasteiger partial charge in [-0.15, -0.1) is 0 Å². The average Bonchev–Trinajstić information content (AvgIpc) is 3.15. The van der Waals surface area contributed by atoms with E-state index in [0.29, 0.717) is 5.56 Å². The number of hydrogen-bond donors (Lipinski definition) is 0. The van der Waals surface area contributed by atoms with Crippen LogP contribution in [0.1, 0.15) is 28.8 Å². The average molecular weight is 322 g/mol. The highest BCUT2D eigenvalue weighted by Gasteiger charge is 2.11. The van der Waals surface area contributed by atoms with Crippen LogP contribution in [0.25, 0.3) is 6.08 Å². The molecule has 0 amide bonds. The number of allylic oxidation sites excluding steroid dienone is 1. The van der Waals surface area contributed by atoms with Gasteiger partial charge in [0.15, 0.2) is 5.78 Å². The third-order valence-electron chi connectivity index (χ3n) is 4.15. The van der Waals surface area contributed by atoms with Crippen LogP contribution in [-0.4, -0.2) is 23.8 Å². The van der Waals surface area contributed by atoms with Crippen molar-refractivity contribution in [2.75, 3.05) is 18.0 Å². The number of carbonyl (C=O) groups is 1. The second-order valence-electron chi connectivity index (χ2n) is 5.79. The second-order valence-corrected chi connectivity index (χ2v) is 5.79. The summed E-state index contributed by atoms with van der Waals surface area (Å²) < 4.78 is 0. The van der Waals surface area contributed by atoms with Crippen LogP contribution >= 0.6 is 0 Å². The number of nitro benzene ring substituents is 1. The minimum atomic E-state index is -0.480. The quantitative estimate of drug-likeness (QED) is 0.360. The summed E-state index contributed by atoms with van der Waals surface area (Å²) in [4.78, 5) is 24.6. The molecule has 1 aliphatic rings. The van der Waals surface area contributed by atoms with Crippen molar-refractivity contribution in [3.05, 3.63) is 75.8 Å². The van der Waals surface area contributed by atoms with E-state index in [1.807, 2.05) is 12.1 Å². The van der Waals surface area contributed by atoms with E-state index in [0.717, 1.165) is 18.7 Å². The van der Waals surface area contributed by atoms with Gasteiger partial charge in [-0.25, -0.2) is 0 Å². The molecule has 5 nitrogen and oxygen atoms in total.